The Morgan fingerprint density at radius 1 is 1.05 bits per heavy atom. The number of benzene rings is 1. The Balaban J connectivity index is 1.63. The number of aromatic nitrogens is 3. The zero-order valence-electron chi connectivity index (χ0n) is 20.2. The molecule has 2 atom stereocenters. The van der Waals surface area contributed by atoms with Crippen LogP contribution in [0.2, 0.25) is 5.02 Å². The molecule has 0 amide bonds. The molecule has 10 heteroatoms. The standard InChI is InChI=1S/C27H22ClF2N3O3S/c1-14-12-32-25(17-7-4-8-21(23(17)29)37(3,35)36)24(30)26(14)33-15(2)10-20(22(28)27(33)34)19-11-18(19)16-6-5-9-31-13-16/h4-10,12-13,18-19H,11H2,1-3H3/t18-,19+/m1/s1. The quantitative estimate of drug-likeness (QED) is 0.332. The van der Waals surface area contributed by atoms with Crippen molar-refractivity contribution in [3.63, 3.8) is 0 Å². The first kappa shape index (κ1) is 25.2. The topological polar surface area (TPSA) is 81.9 Å². The summed E-state index contributed by atoms with van der Waals surface area (Å²) in [5, 5.41) is -0.00981. The summed E-state index contributed by atoms with van der Waals surface area (Å²) in [6.07, 6.45) is 6.49. The fourth-order valence-corrected chi connectivity index (χ4v) is 5.83. The van der Waals surface area contributed by atoms with Crippen molar-refractivity contribution < 1.29 is 17.2 Å². The lowest BCUT2D eigenvalue weighted by Crippen LogP contribution is -2.24. The Morgan fingerprint density at radius 3 is 2.49 bits per heavy atom. The fourth-order valence-electron chi connectivity index (χ4n) is 4.79. The molecular weight excluding hydrogens is 520 g/mol. The molecule has 1 saturated carbocycles. The van der Waals surface area contributed by atoms with Crippen molar-refractivity contribution in [3.8, 4) is 16.9 Å². The van der Waals surface area contributed by atoms with Crippen LogP contribution in [-0.2, 0) is 9.84 Å². The minimum atomic E-state index is -3.90. The number of hydrogen-bond donors (Lipinski definition) is 0. The van der Waals surface area contributed by atoms with Gasteiger partial charge in [-0.3, -0.25) is 19.3 Å². The van der Waals surface area contributed by atoms with E-state index >= 15 is 8.78 Å². The van der Waals surface area contributed by atoms with E-state index in [1.165, 1.54) is 18.3 Å². The molecule has 5 rings (SSSR count). The van der Waals surface area contributed by atoms with Crippen molar-refractivity contribution in [2.75, 3.05) is 6.26 Å². The van der Waals surface area contributed by atoms with Crippen LogP contribution in [0.25, 0.3) is 16.9 Å². The molecule has 1 aromatic carbocycles. The predicted octanol–water partition coefficient (Wildman–Crippen LogP) is 5.52. The molecule has 3 aromatic heterocycles. The lowest BCUT2D eigenvalue weighted by molar-refractivity contribution is 0.569. The van der Waals surface area contributed by atoms with Gasteiger partial charge >= 0.3 is 0 Å². The smallest absolute Gasteiger partial charge is 0.274 e. The number of pyridine rings is 3. The Kier molecular flexibility index (Phi) is 6.24. The summed E-state index contributed by atoms with van der Waals surface area (Å²) in [5.74, 6) is -1.83. The van der Waals surface area contributed by atoms with Crippen molar-refractivity contribution in [1.82, 2.24) is 14.5 Å². The zero-order chi connectivity index (χ0) is 26.6. The second-order valence-electron chi connectivity index (χ2n) is 9.27. The molecular formula is C27H22ClF2N3O3S. The van der Waals surface area contributed by atoms with E-state index in [0.29, 0.717) is 16.8 Å². The summed E-state index contributed by atoms with van der Waals surface area (Å²) in [4.78, 5) is 21.1. The van der Waals surface area contributed by atoms with Gasteiger partial charge in [0.15, 0.2) is 21.5 Å². The minimum absolute atomic E-state index is 0.00981. The first-order valence-corrected chi connectivity index (χ1v) is 13.7. The average molecular weight is 542 g/mol. The van der Waals surface area contributed by atoms with Crippen LogP contribution < -0.4 is 5.56 Å². The summed E-state index contributed by atoms with van der Waals surface area (Å²) in [6.45, 7) is 3.25. The molecule has 0 bridgehead atoms. The first-order chi connectivity index (χ1) is 17.5. The Morgan fingerprint density at radius 2 is 1.81 bits per heavy atom. The largest absolute Gasteiger partial charge is 0.277 e. The van der Waals surface area contributed by atoms with Crippen LogP contribution in [0.3, 0.4) is 0 Å². The third-order valence-electron chi connectivity index (χ3n) is 6.68. The van der Waals surface area contributed by atoms with Crippen molar-refractivity contribution in [3.05, 3.63) is 104 Å². The van der Waals surface area contributed by atoms with E-state index in [0.717, 1.165) is 28.9 Å². The van der Waals surface area contributed by atoms with Gasteiger partial charge in [-0.2, -0.15) is 0 Å². The van der Waals surface area contributed by atoms with E-state index in [-0.39, 0.29) is 28.1 Å². The number of aryl methyl sites for hydroxylation is 2. The Labute approximate surface area is 217 Å². The van der Waals surface area contributed by atoms with Gasteiger partial charge in [-0.15, -0.1) is 0 Å². The van der Waals surface area contributed by atoms with Crippen molar-refractivity contribution in [1.29, 1.82) is 0 Å². The predicted molar refractivity (Wildman–Crippen MR) is 137 cm³/mol. The highest BCUT2D eigenvalue weighted by molar-refractivity contribution is 7.90. The summed E-state index contributed by atoms with van der Waals surface area (Å²) in [5.41, 5.74) is 1.07. The second kappa shape index (κ2) is 9.15. The second-order valence-corrected chi connectivity index (χ2v) is 11.6. The molecule has 1 fully saturated rings. The van der Waals surface area contributed by atoms with Crippen LogP contribution in [-0.4, -0.2) is 29.2 Å². The maximum absolute atomic E-state index is 16.0. The van der Waals surface area contributed by atoms with Gasteiger partial charge in [-0.05, 0) is 73.1 Å². The SMILES string of the molecule is Cc1cnc(-c2cccc(S(C)(=O)=O)c2F)c(F)c1-n1c(C)cc([C@H]2C[C@@H]2c2cccnc2)c(Cl)c1=O. The van der Waals surface area contributed by atoms with Crippen LogP contribution in [0.15, 0.2) is 64.7 Å². The van der Waals surface area contributed by atoms with Crippen LogP contribution in [0, 0.1) is 25.5 Å². The van der Waals surface area contributed by atoms with E-state index in [9.17, 15) is 13.2 Å². The van der Waals surface area contributed by atoms with Gasteiger partial charge in [-0.1, -0.05) is 23.7 Å². The molecule has 0 unspecified atom stereocenters. The Bertz CT molecular complexity index is 1720. The van der Waals surface area contributed by atoms with Gasteiger partial charge in [0.25, 0.3) is 5.56 Å². The van der Waals surface area contributed by atoms with Gasteiger partial charge in [0.05, 0.1) is 5.69 Å². The molecule has 4 aromatic rings. The molecule has 0 radical (unpaired) electrons. The number of nitrogens with zero attached hydrogens (tertiary/aromatic N) is 3. The lowest BCUT2D eigenvalue weighted by atomic mass is 10.0. The van der Waals surface area contributed by atoms with Crippen LogP contribution >= 0.6 is 11.6 Å². The van der Waals surface area contributed by atoms with Crippen molar-refractivity contribution in [2.45, 2.75) is 37.0 Å². The summed E-state index contributed by atoms with van der Waals surface area (Å²) < 4.78 is 56.2. The van der Waals surface area contributed by atoms with Gasteiger partial charge in [0, 0.05) is 36.1 Å². The number of sulfone groups is 1. The van der Waals surface area contributed by atoms with Gasteiger partial charge in [0.1, 0.15) is 15.6 Å². The number of hydrogen-bond acceptors (Lipinski definition) is 5. The summed E-state index contributed by atoms with van der Waals surface area (Å²) in [7, 11) is -3.90. The summed E-state index contributed by atoms with van der Waals surface area (Å²) >= 11 is 6.55. The molecule has 37 heavy (non-hydrogen) atoms. The van der Waals surface area contributed by atoms with E-state index in [1.54, 1.807) is 32.3 Å². The van der Waals surface area contributed by atoms with Crippen LogP contribution in [0.1, 0.15) is 40.6 Å². The van der Waals surface area contributed by atoms with Crippen molar-refractivity contribution in [2.24, 2.45) is 0 Å². The third kappa shape index (κ3) is 4.36. The van der Waals surface area contributed by atoms with Crippen LogP contribution in [0.5, 0.6) is 0 Å². The molecule has 1 aliphatic carbocycles. The van der Waals surface area contributed by atoms with E-state index in [1.807, 2.05) is 12.1 Å². The molecule has 6 nitrogen and oxygen atoms in total. The van der Waals surface area contributed by atoms with E-state index in [4.69, 9.17) is 11.6 Å². The third-order valence-corrected chi connectivity index (χ3v) is 8.18. The molecule has 190 valence electrons. The molecule has 0 N–H and O–H groups in total. The summed E-state index contributed by atoms with van der Waals surface area (Å²) in [6, 6.07) is 9.27. The Hall–Kier alpha value is -3.43. The number of halogens is 3. The first-order valence-electron chi connectivity index (χ1n) is 11.5. The highest BCUT2D eigenvalue weighted by Gasteiger charge is 2.41. The minimum Gasteiger partial charge on any atom is -0.277 e. The van der Waals surface area contributed by atoms with Gasteiger partial charge in [0.2, 0.25) is 0 Å². The van der Waals surface area contributed by atoms with Gasteiger partial charge in [-0.25, -0.2) is 17.2 Å². The fraction of sp³-hybridized carbons (Fsp3) is 0.222. The van der Waals surface area contributed by atoms with Crippen LogP contribution in [0.4, 0.5) is 8.78 Å². The van der Waals surface area contributed by atoms with Gasteiger partial charge < -0.3 is 0 Å². The zero-order valence-corrected chi connectivity index (χ0v) is 21.7. The molecule has 0 aliphatic heterocycles. The maximum Gasteiger partial charge on any atom is 0.274 e. The molecule has 3 heterocycles. The highest BCUT2D eigenvalue weighted by atomic mass is 35.5. The van der Waals surface area contributed by atoms with E-state index in [2.05, 4.69) is 9.97 Å². The normalized spacial score (nSPS) is 17.1. The van der Waals surface area contributed by atoms with E-state index < -0.39 is 37.6 Å². The highest BCUT2D eigenvalue weighted by Crippen LogP contribution is 2.55. The lowest BCUT2D eigenvalue weighted by Gasteiger charge is -2.18. The number of rotatable bonds is 5. The van der Waals surface area contributed by atoms with Crippen molar-refractivity contribution >= 4 is 21.4 Å². The maximum atomic E-state index is 16.0. The molecule has 0 spiro atoms. The average Bonchev–Trinajstić information content (AvgIpc) is 3.64. The molecule has 0 saturated heterocycles. The monoisotopic (exact) mass is 541 g/mol. The molecule has 1 aliphatic rings.